The van der Waals surface area contributed by atoms with E-state index in [0.717, 1.165) is 24.8 Å². The normalized spacial score (nSPS) is 22.7. The van der Waals surface area contributed by atoms with E-state index in [-0.39, 0.29) is 6.04 Å². The molecule has 1 saturated heterocycles. The van der Waals surface area contributed by atoms with Gasteiger partial charge in [0.2, 0.25) is 10.0 Å². The fourth-order valence-electron chi connectivity index (χ4n) is 2.74. The van der Waals surface area contributed by atoms with Gasteiger partial charge in [0.1, 0.15) is 0 Å². The molecule has 1 aromatic rings. The van der Waals surface area contributed by atoms with Gasteiger partial charge in [-0.3, -0.25) is 0 Å². The van der Waals surface area contributed by atoms with E-state index in [4.69, 9.17) is 0 Å². The average Bonchev–Trinajstić information content (AvgIpc) is 2.71. The monoisotopic (exact) mass is 310 g/mol. The number of nitrogens with zero attached hydrogens (tertiary/aromatic N) is 1. The van der Waals surface area contributed by atoms with Crippen molar-refractivity contribution in [3.8, 4) is 0 Å². The summed E-state index contributed by atoms with van der Waals surface area (Å²) in [4.78, 5) is 0.414. The summed E-state index contributed by atoms with van der Waals surface area (Å²) in [6, 6.07) is 7.44. The molecule has 2 atom stereocenters. The number of hydrogen-bond acceptors (Lipinski definition) is 3. The van der Waals surface area contributed by atoms with Crippen molar-refractivity contribution in [1.29, 1.82) is 0 Å². The van der Waals surface area contributed by atoms with Crippen LogP contribution in [-0.4, -0.2) is 32.9 Å². The first-order valence-electron chi connectivity index (χ1n) is 7.72. The topological polar surface area (TPSA) is 49.4 Å². The molecule has 2 unspecified atom stereocenters. The van der Waals surface area contributed by atoms with Gasteiger partial charge < -0.3 is 5.32 Å². The quantitative estimate of drug-likeness (QED) is 0.930. The van der Waals surface area contributed by atoms with Crippen molar-refractivity contribution in [2.24, 2.45) is 5.92 Å². The van der Waals surface area contributed by atoms with Crippen LogP contribution in [0, 0.1) is 5.92 Å². The van der Waals surface area contributed by atoms with Crippen molar-refractivity contribution in [2.45, 2.75) is 44.0 Å². The van der Waals surface area contributed by atoms with E-state index in [9.17, 15) is 8.42 Å². The van der Waals surface area contributed by atoms with Gasteiger partial charge in [0.05, 0.1) is 4.90 Å². The fourth-order valence-corrected chi connectivity index (χ4v) is 4.29. The first-order valence-corrected chi connectivity index (χ1v) is 9.16. The van der Waals surface area contributed by atoms with Crippen LogP contribution < -0.4 is 5.32 Å². The summed E-state index contributed by atoms with van der Waals surface area (Å²) in [6.45, 7) is 5.50. The summed E-state index contributed by atoms with van der Waals surface area (Å²) < 4.78 is 27.3. The number of rotatable bonds is 4. The zero-order valence-electron chi connectivity index (χ0n) is 13.2. The maximum atomic E-state index is 12.8. The lowest BCUT2D eigenvalue weighted by Gasteiger charge is -2.21. The molecule has 5 heteroatoms. The van der Waals surface area contributed by atoms with Gasteiger partial charge in [-0.05, 0) is 56.8 Å². The minimum Gasteiger partial charge on any atom is -0.313 e. The second kappa shape index (κ2) is 6.90. The Labute approximate surface area is 128 Å². The highest BCUT2D eigenvalue weighted by atomic mass is 32.2. The van der Waals surface area contributed by atoms with Gasteiger partial charge in [0.15, 0.2) is 0 Å². The molecule has 1 heterocycles. The Kier molecular flexibility index (Phi) is 5.41. The molecule has 1 aromatic carbocycles. The van der Waals surface area contributed by atoms with Crippen LogP contribution in [0.3, 0.4) is 0 Å². The van der Waals surface area contributed by atoms with Crippen LogP contribution >= 0.6 is 0 Å². The van der Waals surface area contributed by atoms with Gasteiger partial charge in [0, 0.05) is 19.1 Å². The summed E-state index contributed by atoms with van der Waals surface area (Å²) in [5.74, 6) is 0.612. The van der Waals surface area contributed by atoms with E-state index in [0.29, 0.717) is 23.9 Å². The third-order valence-corrected chi connectivity index (χ3v) is 6.30. The smallest absolute Gasteiger partial charge is 0.243 e. The fraction of sp³-hybridized carbons (Fsp3) is 0.625. The maximum Gasteiger partial charge on any atom is 0.243 e. The first-order chi connectivity index (χ1) is 9.95. The molecule has 1 fully saturated rings. The lowest BCUT2D eigenvalue weighted by atomic mass is 10.0. The summed E-state index contributed by atoms with van der Waals surface area (Å²) >= 11 is 0. The summed E-state index contributed by atoms with van der Waals surface area (Å²) in [6.07, 6.45) is 3.02. The molecular weight excluding hydrogens is 284 g/mol. The summed E-state index contributed by atoms with van der Waals surface area (Å²) in [7, 11) is -1.49. The van der Waals surface area contributed by atoms with Crippen LogP contribution in [0.2, 0.25) is 0 Å². The molecule has 1 N–H and O–H groups in total. The molecule has 0 bridgehead atoms. The molecule has 0 saturated carbocycles. The van der Waals surface area contributed by atoms with E-state index in [1.807, 2.05) is 26.1 Å². The Bertz CT molecular complexity index is 571. The van der Waals surface area contributed by atoms with Gasteiger partial charge in [-0.25, -0.2) is 8.42 Å². The molecule has 0 spiro atoms. The van der Waals surface area contributed by atoms with Crippen LogP contribution in [-0.2, 0) is 10.0 Å². The van der Waals surface area contributed by atoms with Crippen molar-refractivity contribution < 1.29 is 8.42 Å². The van der Waals surface area contributed by atoms with Crippen LogP contribution in [0.15, 0.2) is 29.2 Å². The van der Waals surface area contributed by atoms with Gasteiger partial charge in [-0.15, -0.1) is 0 Å². The highest BCUT2D eigenvalue weighted by molar-refractivity contribution is 7.89. The zero-order valence-corrected chi connectivity index (χ0v) is 14.0. The Balaban J connectivity index is 2.26. The lowest BCUT2D eigenvalue weighted by molar-refractivity contribution is 0.416. The predicted octanol–water partition coefficient (Wildman–Crippen LogP) is 2.78. The minimum atomic E-state index is -3.37. The third kappa shape index (κ3) is 3.84. The van der Waals surface area contributed by atoms with Crippen molar-refractivity contribution in [2.75, 3.05) is 20.1 Å². The molecule has 0 aromatic heterocycles. The average molecular weight is 310 g/mol. The van der Waals surface area contributed by atoms with Gasteiger partial charge in [-0.2, -0.15) is 4.31 Å². The highest BCUT2D eigenvalue weighted by Crippen LogP contribution is 2.24. The standard InChI is InChI=1S/C16H26N2O2S/c1-13-6-5-10-18(11-9-13)21(19,20)16-8-4-7-15(12-16)14(2)17-3/h4,7-8,12-14,17H,5-6,9-11H2,1-3H3. The van der Waals surface area contributed by atoms with E-state index in [1.165, 1.54) is 0 Å². The molecule has 4 nitrogen and oxygen atoms in total. The van der Waals surface area contributed by atoms with Crippen LogP contribution in [0.5, 0.6) is 0 Å². The number of sulfonamides is 1. The SMILES string of the molecule is CNC(C)c1cccc(S(=O)(=O)N2CCCC(C)CC2)c1. The molecule has 118 valence electrons. The van der Waals surface area contributed by atoms with Crippen LogP contribution in [0.1, 0.15) is 44.7 Å². The Morgan fingerprint density at radius 3 is 2.76 bits per heavy atom. The Morgan fingerprint density at radius 1 is 1.29 bits per heavy atom. The largest absolute Gasteiger partial charge is 0.313 e. The van der Waals surface area contributed by atoms with Crippen LogP contribution in [0.4, 0.5) is 0 Å². The number of benzene rings is 1. The van der Waals surface area contributed by atoms with Crippen LogP contribution in [0.25, 0.3) is 0 Å². The highest BCUT2D eigenvalue weighted by Gasteiger charge is 2.26. The second-order valence-electron chi connectivity index (χ2n) is 6.02. The number of nitrogens with one attached hydrogen (secondary N) is 1. The molecule has 2 rings (SSSR count). The third-order valence-electron chi connectivity index (χ3n) is 4.40. The van der Waals surface area contributed by atoms with Crippen molar-refractivity contribution in [3.05, 3.63) is 29.8 Å². The van der Waals surface area contributed by atoms with Gasteiger partial charge >= 0.3 is 0 Å². The maximum absolute atomic E-state index is 12.8. The molecule has 0 radical (unpaired) electrons. The van der Waals surface area contributed by atoms with Crippen molar-refractivity contribution >= 4 is 10.0 Å². The molecular formula is C16H26N2O2S. The van der Waals surface area contributed by atoms with E-state index >= 15 is 0 Å². The van der Waals surface area contributed by atoms with Crippen molar-refractivity contribution in [1.82, 2.24) is 9.62 Å². The predicted molar refractivity (Wildman–Crippen MR) is 85.7 cm³/mol. The molecule has 1 aliphatic heterocycles. The Hall–Kier alpha value is -0.910. The molecule has 21 heavy (non-hydrogen) atoms. The van der Waals surface area contributed by atoms with E-state index < -0.39 is 10.0 Å². The molecule has 1 aliphatic rings. The Morgan fingerprint density at radius 2 is 2.05 bits per heavy atom. The molecule has 0 amide bonds. The summed E-state index contributed by atoms with van der Waals surface area (Å²) in [5.41, 5.74) is 1.00. The minimum absolute atomic E-state index is 0.143. The summed E-state index contributed by atoms with van der Waals surface area (Å²) in [5, 5.41) is 3.15. The molecule has 0 aliphatic carbocycles. The van der Waals surface area contributed by atoms with Gasteiger partial charge in [0.25, 0.3) is 0 Å². The van der Waals surface area contributed by atoms with Crippen molar-refractivity contribution in [3.63, 3.8) is 0 Å². The van der Waals surface area contributed by atoms with E-state index in [1.54, 1.807) is 16.4 Å². The van der Waals surface area contributed by atoms with E-state index in [2.05, 4.69) is 12.2 Å². The lowest BCUT2D eigenvalue weighted by Crippen LogP contribution is -2.32. The first kappa shape index (κ1) is 16.5. The zero-order chi connectivity index (χ0) is 15.5. The second-order valence-corrected chi connectivity index (χ2v) is 7.96. The number of hydrogen-bond donors (Lipinski definition) is 1. The van der Waals surface area contributed by atoms with Gasteiger partial charge in [-0.1, -0.05) is 19.1 Å².